The number of H-pyrrole nitrogens is 1. The summed E-state index contributed by atoms with van der Waals surface area (Å²) in [6.45, 7) is 4.73. The van der Waals surface area contributed by atoms with E-state index in [0.29, 0.717) is 28.8 Å². The molecule has 0 bridgehead atoms. The average molecular weight is 480 g/mol. The standard InChI is InChI=1S/C29H37NO5/c1-3-4-5-6-7-8-9-10-11-12-19-34-23-17-14-16-22(20-23)27(31)26-25-21(2)15-13-18-24(25)30-28(26)35-29(32)33/h13-18,20,30H,3-12,19H2,1-2H3,(H,32,33). The predicted molar refractivity (Wildman–Crippen MR) is 139 cm³/mol. The van der Waals surface area contributed by atoms with Gasteiger partial charge in [0.15, 0.2) is 5.78 Å². The topological polar surface area (TPSA) is 88.6 Å². The van der Waals surface area contributed by atoms with E-state index in [-0.39, 0.29) is 17.2 Å². The van der Waals surface area contributed by atoms with Gasteiger partial charge in [0.05, 0.1) is 12.2 Å². The quantitative estimate of drug-likeness (QED) is 0.131. The molecule has 0 unspecified atom stereocenters. The van der Waals surface area contributed by atoms with Crippen LogP contribution in [0.4, 0.5) is 4.79 Å². The summed E-state index contributed by atoms with van der Waals surface area (Å²) < 4.78 is 10.8. The third-order valence-corrected chi connectivity index (χ3v) is 6.28. The molecule has 188 valence electrons. The lowest BCUT2D eigenvalue weighted by Gasteiger charge is -2.09. The molecule has 0 fully saturated rings. The van der Waals surface area contributed by atoms with Gasteiger partial charge in [-0.1, -0.05) is 89.0 Å². The molecule has 1 aromatic heterocycles. The van der Waals surface area contributed by atoms with E-state index in [9.17, 15) is 9.59 Å². The fraction of sp³-hybridized carbons (Fsp3) is 0.448. The fourth-order valence-electron chi connectivity index (χ4n) is 4.43. The second-order valence-electron chi connectivity index (χ2n) is 9.08. The SMILES string of the molecule is CCCCCCCCCCCCOc1cccc(C(=O)c2c(OC(=O)O)[nH]c3cccc(C)c23)c1. The van der Waals surface area contributed by atoms with Gasteiger partial charge in [-0.15, -0.1) is 0 Å². The number of hydrogen-bond acceptors (Lipinski definition) is 4. The highest BCUT2D eigenvalue weighted by atomic mass is 16.7. The van der Waals surface area contributed by atoms with Gasteiger partial charge in [0, 0.05) is 16.5 Å². The van der Waals surface area contributed by atoms with Crippen molar-refractivity contribution in [1.29, 1.82) is 0 Å². The Morgan fingerprint density at radius 1 is 0.886 bits per heavy atom. The Labute approximate surface area is 207 Å². The van der Waals surface area contributed by atoms with Crippen molar-refractivity contribution < 1.29 is 24.2 Å². The summed E-state index contributed by atoms with van der Waals surface area (Å²) in [5.41, 5.74) is 2.14. The largest absolute Gasteiger partial charge is 0.512 e. The zero-order chi connectivity index (χ0) is 25.0. The van der Waals surface area contributed by atoms with Gasteiger partial charge in [-0.25, -0.2) is 4.79 Å². The fourth-order valence-corrected chi connectivity index (χ4v) is 4.43. The van der Waals surface area contributed by atoms with E-state index in [2.05, 4.69) is 11.9 Å². The number of unbranched alkanes of at least 4 members (excludes halogenated alkanes) is 9. The van der Waals surface area contributed by atoms with E-state index in [4.69, 9.17) is 14.6 Å². The molecule has 0 spiro atoms. The Morgan fingerprint density at radius 3 is 2.23 bits per heavy atom. The second kappa shape index (κ2) is 13.6. The Kier molecular flexibility index (Phi) is 10.2. The Bertz CT molecular complexity index is 1120. The van der Waals surface area contributed by atoms with Crippen molar-refractivity contribution in [2.75, 3.05) is 6.61 Å². The first-order valence-electron chi connectivity index (χ1n) is 12.8. The van der Waals surface area contributed by atoms with Crippen LogP contribution in [0.1, 0.15) is 92.6 Å². The lowest BCUT2D eigenvalue weighted by atomic mass is 9.99. The number of ketones is 1. The summed E-state index contributed by atoms with van der Waals surface area (Å²) in [4.78, 5) is 27.6. The van der Waals surface area contributed by atoms with Crippen molar-refractivity contribution in [1.82, 2.24) is 4.98 Å². The molecule has 1 heterocycles. The Balaban J connectivity index is 1.56. The van der Waals surface area contributed by atoms with E-state index in [1.165, 1.54) is 51.4 Å². The minimum absolute atomic E-state index is 0.0662. The monoisotopic (exact) mass is 479 g/mol. The molecule has 2 aromatic carbocycles. The number of aromatic nitrogens is 1. The molecule has 0 radical (unpaired) electrons. The molecule has 3 aromatic rings. The maximum atomic E-state index is 13.4. The molecule has 6 nitrogen and oxygen atoms in total. The number of aromatic amines is 1. The summed E-state index contributed by atoms with van der Waals surface area (Å²) >= 11 is 0. The summed E-state index contributed by atoms with van der Waals surface area (Å²) in [7, 11) is 0. The molecule has 0 aliphatic carbocycles. The molecule has 0 amide bonds. The molecule has 0 saturated carbocycles. The van der Waals surface area contributed by atoms with Crippen LogP contribution in [0.5, 0.6) is 11.6 Å². The molecule has 0 atom stereocenters. The highest BCUT2D eigenvalue weighted by molar-refractivity contribution is 6.19. The number of benzene rings is 2. The van der Waals surface area contributed by atoms with Crippen LogP contribution in [0.2, 0.25) is 0 Å². The van der Waals surface area contributed by atoms with Gasteiger partial charge in [0.1, 0.15) is 5.75 Å². The van der Waals surface area contributed by atoms with Crippen molar-refractivity contribution in [3.05, 3.63) is 59.2 Å². The summed E-state index contributed by atoms with van der Waals surface area (Å²) in [5.74, 6) is 0.249. The number of fused-ring (bicyclic) bond motifs is 1. The first kappa shape index (κ1) is 26.3. The van der Waals surface area contributed by atoms with Gasteiger partial charge in [-0.2, -0.15) is 0 Å². The Morgan fingerprint density at radius 2 is 1.54 bits per heavy atom. The molecule has 0 aliphatic heterocycles. The number of carbonyl (C=O) groups excluding carboxylic acids is 1. The molecule has 0 aliphatic rings. The van der Waals surface area contributed by atoms with Crippen molar-refractivity contribution in [3.8, 4) is 11.6 Å². The van der Waals surface area contributed by atoms with Crippen LogP contribution in [0.3, 0.4) is 0 Å². The molecule has 6 heteroatoms. The minimum Gasteiger partial charge on any atom is -0.494 e. The first-order chi connectivity index (χ1) is 17.0. The van der Waals surface area contributed by atoms with Gasteiger partial charge in [0.2, 0.25) is 5.88 Å². The third kappa shape index (κ3) is 7.61. The van der Waals surface area contributed by atoms with Crippen LogP contribution < -0.4 is 9.47 Å². The lowest BCUT2D eigenvalue weighted by Crippen LogP contribution is -2.09. The highest BCUT2D eigenvalue weighted by Crippen LogP contribution is 2.33. The molecule has 3 rings (SSSR count). The number of carbonyl (C=O) groups is 2. The maximum absolute atomic E-state index is 13.4. The molecular weight excluding hydrogens is 442 g/mol. The van der Waals surface area contributed by atoms with Gasteiger partial charge in [-0.05, 0) is 37.1 Å². The van der Waals surface area contributed by atoms with Crippen LogP contribution >= 0.6 is 0 Å². The van der Waals surface area contributed by atoms with Crippen LogP contribution in [-0.2, 0) is 0 Å². The van der Waals surface area contributed by atoms with E-state index >= 15 is 0 Å². The number of nitrogens with one attached hydrogen (secondary N) is 1. The summed E-state index contributed by atoms with van der Waals surface area (Å²) in [6.07, 6.45) is 11.2. The van der Waals surface area contributed by atoms with E-state index < -0.39 is 6.16 Å². The molecule has 35 heavy (non-hydrogen) atoms. The minimum atomic E-state index is -1.48. The van der Waals surface area contributed by atoms with Gasteiger partial charge in [0.25, 0.3) is 0 Å². The number of rotatable bonds is 15. The zero-order valence-corrected chi connectivity index (χ0v) is 20.9. The Hall–Kier alpha value is -3.28. The molecular formula is C29H37NO5. The highest BCUT2D eigenvalue weighted by Gasteiger charge is 2.24. The van der Waals surface area contributed by atoms with Crippen molar-refractivity contribution >= 4 is 22.8 Å². The van der Waals surface area contributed by atoms with Crippen molar-refractivity contribution in [2.45, 2.75) is 78.1 Å². The number of carboxylic acid groups (broad SMARTS) is 1. The summed E-state index contributed by atoms with van der Waals surface area (Å²) in [5, 5.41) is 9.80. The van der Waals surface area contributed by atoms with E-state index in [1.54, 1.807) is 24.3 Å². The first-order valence-corrected chi connectivity index (χ1v) is 12.8. The third-order valence-electron chi connectivity index (χ3n) is 6.28. The maximum Gasteiger partial charge on any atom is 0.512 e. The zero-order valence-electron chi connectivity index (χ0n) is 20.9. The van der Waals surface area contributed by atoms with Crippen LogP contribution in [0.15, 0.2) is 42.5 Å². The van der Waals surface area contributed by atoms with Crippen LogP contribution in [0.25, 0.3) is 10.9 Å². The number of ether oxygens (including phenoxy) is 2. The van der Waals surface area contributed by atoms with Gasteiger partial charge < -0.3 is 19.6 Å². The lowest BCUT2D eigenvalue weighted by molar-refractivity contribution is 0.103. The van der Waals surface area contributed by atoms with Crippen molar-refractivity contribution in [3.63, 3.8) is 0 Å². The van der Waals surface area contributed by atoms with Crippen LogP contribution in [-0.4, -0.2) is 28.6 Å². The van der Waals surface area contributed by atoms with E-state index in [0.717, 1.165) is 18.4 Å². The predicted octanol–water partition coefficient (Wildman–Crippen LogP) is 8.06. The molecule has 2 N–H and O–H groups in total. The van der Waals surface area contributed by atoms with Gasteiger partial charge in [-0.3, -0.25) is 4.79 Å². The van der Waals surface area contributed by atoms with Gasteiger partial charge >= 0.3 is 6.16 Å². The van der Waals surface area contributed by atoms with Crippen LogP contribution in [0, 0.1) is 6.92 Å². The number of hydrogen-bond donors (Lipinski definition) is 2. The summed E-state index contributed by atoms with van der Waals surface area (Å²) in [6, 6.07) is 12.5. The second-order valence-corrected chi connectivity index (χ2v) is 9.08. The normalized spacial score (nSPS) is 11.0. The smallest absolute Gasteiger partial charge is 0.494 e. The number of aryl methyl sites for hydroxylation is 1. The van der Waals surface area contributed by atoms with Crippen molar-refractivity contribution in [2.24, 2.45) is 0 Å². The average Bonchev–Trinajstić information content (AvgIpc) is 3.20. The van der Waals surface area contributed by atoms with E-state index in [1.807, 2.05) is 25.1 Å². The molecule has 0 saturated heterocycles.